The van der Waals surface area contributed by atoms with Gasteiger partial charge in [-0.05, 0) is 26.3 Å². The maximum Gasteiger partial charge on any atom is 0.355 e. The number of aromatic amines is 1. The fraction of sp³-hybridized carbons (Fsp3) is 0.467. The third kappa shape index (κ3) is 3.78. The molecule has 2 aromatic rings. The van der Waals surface area contributed by atoms with Crippen LogP contribution in [0, 0.1) is 6.92 Å². The van der Waals surface area contributed by atoms with E-state index in [1.807, 2.05) is 7.05 Å². The van der Waals surface area contributed by atoms with Gasteiger partial charge in [-0.15, -0.1) is 10.2 Å². The molecule has 2 rings (SSSR count). The van der Waals surface area contributed by atoms with E-state index in [0.717, 1.165) is 0 Å². The smallest absolute Gasteiger partial charge is 0.355 e. The predicted octanol–water partition coefficient (Wildman–Crippen LogP) is 2.10. The first-order valence-electron chi connectivity index (χ1n) is 7.52. The highest BCUT2D eigenvalue weighted by atomic mass is 32.2. The minimum Gasteiger partial charge on any atom is -0.462 e. The lowest BCUT2D eigenvalue weighted by Crippen LogP contribution is -2.09. The molecule has 0 unspecified atom stereocenters. The average Bonchev–Trinajstić information content (AvgIpc) is 3.09. The van der Waals surface area contributed by atoms with Crippen LogP contribution in [-0.4, -0.2) is 44.9 Å². The Morgan fingerprint density at radius 1 is 1.25 bits per heavy atom. The van der Waals surface area contributed by atoms with Crippen molar-refractivity contribution in [2.75, 3.05) is 13.2 Å². The zero-order chi connectivity index (χ0) is 17.7. The maximum atomic E-state index is 12.3. The summed E-state index contributed by atoms with van der Waals surface area (Å²) in [6.45, 7) is 5.68. The highest BCUT2D eigenvalue weighted by Gasteiger charge is 2.25. The number of hydrogen-bond acceptors (Lipinski definition) is 7. The first-order valence-corrected chi connectivity index (χ1v) is 8.50. The number of rotatable bonds is 7. The number of ether oxygens (including phenoxy) is 2. The molecule has 0 aliphatic rings. The lowest BCUT2D eigenvalue weighted by atomic mass is 10.1. The molecule has 0 aliphatic carbocycles. The van der Waals surface area contributed by atoms with Crippen molar-refractivity contribution in [3.8, 4) is 0 Å². The van der Waals surface area contributed by atoms with Crippen molar-refractivity contribution >= 4 is 23.7 Å². The van der Waals surface area contributed by atoms with Crippen LogP contribution < -0.4 is 0 Å². The van der Waals surface area contributed by atoms with Gasteiger partial charge in [0.1, 0.15) is 12.0 Å². The van der Waals surface area contributed by atoms with Crippen molar-refractivity contribution in [2.24, 2.45) is 7.05 Å². The number of aromatic nitrogens is 4. The molecule has 0 atom stereocenters. The van der Waals surface area contributed by atoms with Crippen molar-refractivity contribution in [1.82, 2.24) is 19.7 Å². The van der Waals surface area contributed by atoms with Crippen molar-refractivity contribution in [3.05, 3.63) is 28.8 Å². The summed E-state index contributed by atoms with van der Waals surface area (Å²) in [7, 11) is 1.83. The summed E-state index contributed by atoms with van der Waals surface area (Å²) in [6, 6.07) is 0. The van der Waals surface area contributed by atoms with Crippen LogP contribution in [0.5, 0.6) is 0 Å². The van der Waals surface area contributed by atoms with E-state index in [9.17, 15) is 9.59 Å². The van der Waals surface area contributed by atoms with E-state index in [1.165, 1.54) is 11.8 Å². The predicted molar refractivity (Wildman–Crippen MR) is 88.0 cm³/mol. The number of nitrogens with zero attached hydrogens (tertiary/aromatic N) is 3. The summed E-state index contributed by atoms with van der Waals surface area (Å²) in [5.41, 5.74) is 1.77. The third-order valence-corrected chi connectivity index (χ3v) is 4.36. The van der Waals surface area contributed by atoms with Crippen LogP contribution in [0.2, 0.25) is 0 Å². The van der Waals surface area contributed by atoms with Gasteiger partial charge in [-0.2, -0.15) is 0 Å². The van der Waals surface area contributed by atoms with Crippen LogP contribution in [0.25, 0.3) is 0 Å². The summed E-state index contributed by atoms with van der Waals surface area (Å²) >= 11 is 1.40. The SMILES string of the molecule is CCOC(=O)c1[nH]c(CSc2nncn2C)c(C(=O)OCC)c1C. The highest BCUT2D eigenvalue weighted by molar-refractivity contribution is 7.98. The van der Waals surface area contributed by atoms with Gasteiger partial charge in [0.2, 0.25) is 0 Å². The molecule has 0 radical (unpaired) electrons. The summed E-state index contributed by atoms with van der Waals surface area (Å²) in [6.07, 6.45) is 1.60. The number of hydrogen-bond donors (Lipinski definition) is 1. The zero-order valence-electron chi connectivity index (χ0n) is 14.1. The van der Waals surface area contributed by atoms with Crippen molar-refractivity contribution in [2.45, 2.75) is 31.7 Å². The molecule has 0 aliphatic heterocycles. The third-order valence-electron chi connectivity index (χ3n) is 3.30. The number of H-pyrrole nitrogens is 1. The second-order valence-electron chi connectivity index (χ2n) is 4.93. The van der Waals surface area contributed by atoms with Crippen molar-refractivity contribution < 1.29 is 19.1 Å². The molecule has 8 nitrogen and oxygen atoms in total. The van der Waals surface area contributed by atoms with Gasteiger partial charge in [0, 0.05) is 18.5 Å². The Labute approximate surface area is 143 Å². The topological polar surface area (TPSA) is 99.1 Å². The molecule has 0 aromatic carbocycles. The quantitative estimate of drug-likeness (QED) is 0.602. The summed E-state index contributed by atoms with van der Waals surface area (Å²) in [4.78, 5) is 27.3. The fourth-order valence-electron chi connectivity index (χ4n) is 2.19. The fourth-order valence-corrected chi connectivity index (χ4v) is 3.04. The molecule has 0 saturated carbocycles. The molecule has 0 fully saturated rings. The van der Waals surface area contributed by atoms with Gasteiger partial charge < -0.3 is 19.0 Å². The van der Waals surface area contributed by atoms with E-state index < -0.39 is 11.9 Å². The lowest BCUT2D eigenvalue weighted by molar-refractivity contribution is 0.0518. The Kier molecular flexibility index (Phi) is 6.02. The van der Waals surface area contributed by atoms with Gasteiger partial charge in [0.25, 0.3) is 0 Å². The first kappa shape index (κ1) is 18.1. The standard InChI is InChI=1S/C15H20N4O4S/c1-5-22-13(20)11-9(3)12(14(21)23-6-2)17-10(11)7-24-15-18-16-8-19(15)4/h8,17H,5-7H2,1-4H3. The molecule has 9 heteroatoms. The van der Waals surface area contributed by atoms with E-state index in [2.05, 4.69) is 15.2 Å². The molecule has 24 heavy (non-hydrogen) atoms. The number of carbonyl (C=O) groups is 2. The molecule has 0 amide bonds. The zero-order valence-corrected chi connectivity index (χ0v) is 14.9. The Bertz CT molecular complexity index is 738. The molecule has 0 saturated heterocycles. The number of esters is 2. The van der Waals surface area contributed by atoms with Gasteiger partial charge >= 0.3 is 11.9 Å². The van der Waals surface area contributed by atoms with Crippen LogP contribution in [-0.2, 0) is 22.3 Å². The summed E-state index contributed by atoms with van der Waals surface area (Å²) < 4.78 is 11.9. The van der Waals surface area contributed by atoms with E-state index in [0.29, 0.717) is 27.7 Å². The van der Waals surface area contributed by atoms with Gasteiger partial charge in [-0.25, -0.2) is 9.59 Å². The van der Waals surface area contributed by atoms with Gasteiger partial charge in [-0.1, -0.05) is 11.8 Å². The maximum absolute atomic E-state index is 12.3. The molecule has 1 N–H and O–H groups in total. The molecular weight excluding hydrogens is 332 g/mol. The largest absolute Gasteiger partial charge is 0.462 e. The van der Waals surface area contributed by atoms with Crippen molar-refractivity contribution in [1.29, 1.82) is 0 Å². The Morgan fingerprint density at radius 2 is 1.92 bits per heavy atom. The van der Waals surface area contributed by atoms with Gasteiger partial charge in [0.15, 0.2) is 5.16 Å². The van der Waals surface area contributed by atoms with Gasteiger partial charge in [-0.3, -0.25) is 0 Å². The van der Waals surface area contributed by atoms with Gasteiger partial charge in [0.05, 0.1) is 18.8 Å². The van der Waals surface area contributed by atoms with Crippen LogP contribution in [0.4, 0.5) is 0 Å². The molecular formula is C15H20N4O4S. The Hall–Kier alpha value is -2.29. The summed E-state index contributed by atoms with van der Waals surface area (Å²) in [5.74, 6) is -0.535. The first-order chi connectivity index (χ1) is 11.5. The van der Waals surface area contributed by atoms with E-state index in [1.54, 1.807) is 31.7 Å². The van der Waals surface area contributed by atoms with Crippen LogP contribution in [0.1, 0.15) is 46.0 Å². The average molecular weight is 352 g/mol. The second-order valence-corrected chi connectivity index (χ2v) is 5.88. The minimum absolute atomic E-state index is 0.258. The molecule has 0 bridgehead atoms. The van der Waals surface area contributed by atoms with Crippen LogP contribution in [0.15, 0.2) is 11.5 Å². The Morgan fingerprint density at radius 3 is 2.50 bits per heavy atom. The molecule has 0 spiro atoms. The number of nitrogens with one attached hydrogen (secondary N) is 1. The van der Waals surface area contributed by atoms with E-state index in [-0.39, 0.29) is 18.9 Å². The normalized spacial score (nSPS) is 10.7. The number of carbonyl (C=O) groups excluding carboxylic acids is 2. The van der Waals surface area contributed by atoms with Crippen LogP contribution >= 0.6 is 11.8 Å². The highest BCUT2D eigenvalue weighted by Crippen LogP contribution is 2.26. The van der Waals surface area contributed by atoms with E-state index >= 15 is 0 Å². The molecule has 2 aromatic heterocycles. The monoisotopic (exact) mass is 352 g/mol. The number of thioether (sulfide) groups is 1. The van der Waals surface area contributed by atoms with Crippen molar-refractivity contribution in [3.63, 3.8) is 0 Å². The Balaban J connectivity index is 2.33. The minimum atomic E-state index is -0.490. The molecule has 130 valence electrons. The lowest BCUT2D eigenvalue weighted by Gasteiger charge is -2.05. The van der Waals surface area contributed by atoms with Crippen LogP contribution in [0.3, 0.4) is 0 Å². The van der Waals surface area contributed by atoms with E-state index in [4.69, 9.17) is 9.47 Å². The molecule has 2 heterocycles. The number of aryl methyl sites for hydroxylation is 1. The summed E-state index contributed by atoms with van der Waals surface area (Å²) in [5, 5.41) is 8.51. The second kappa shape index (κ2) is 8.00.